The summed E-state index contributed by atoms with van der Waals surface area (Å²) in [6.45, 7) is -5.14. The summed E-state index contributed by atoms with van der Waals surface area (Å²) in [5.41, 5.74) is -16.2. The first-order chi connectivity index (χ1) is 23.8. The molecule has 4 aromatic rings. The Bertz CT molecular complexity index is 1750. The van der Waals surface area contributed by atoms with Crippen LogP contribution in [0.1, 0.15) is 27.2 Å². The largest absolute Gasteiger partial charge is 0.222 e. The zero-order chi connectivity index (χ0) is 39.8. The van der Waals surface area contributed by atoms with Crippen molar-refractivity contribution in [3.05, 3.63) is 116 Å². The van der Waals surface area contributed by atoms with E-state index in [1.807, 2.05) is 0 Å². The molecule has 0 radical (unpaired) electrons. The fraction of sp³-hybridized carbons (Fsp3) is 0.200. The fourth-order valence-corrected chi connectivity index (χ4v) is 5.86. The second-order valence-corrected chi connectivity index (χ2v) is 12.3. The third kappa shape index (κ3) is 6.24. The van der Waals surface area contributed by atoms with Crippen molar-refractivity contribution in [2.45, 2.75) is 32.9 Å². The Hall–Kier alpha value is -4.39. The van der Waals surface area contributed by atoms with Crippen LogP contribution in [0.25, 0.3) is 0 Å². The molecule has 4 rings (SSSR count). The second-order valence-electron chi connectivity index (χ2n) is 12.3. The van der Waals surface area contributed by atoms with Gasteiger partial charge in [-0.05, 0) is 5.41 Å². The number of halogens is 20. The van der Waals surface area contributed by atoms with Crippen molar-refractivity contribution in [1.82, 2.24) is 0 Å². The van der Waals surface area contributed by atoms with Crippen molar-refractivity contribution in [3.63, 3.8) is 0 Å². The predicted molar refractivity (Wildman–Crippen MR) is 143 cm³/mol. The molecular formula is C30H12B2F20. The average Bonchev–Trinajstić information content (AvgIpc) is 3.08. The smallest absolute Gasteiger partial charge is 0.204 e. The van der Waals surface area contributed by atoms with Crippen molar-refractivity contribution in [1.29, 1.82) is 0 Å². The van der Waals surface area contributed by atoms with Gasteiger partial charge >= 0.3 is 0 Å². The highest BCUT2D eigenvalue weighted by Gasteiger charge is 2.52. The van der Waals surface area contributed by atoms with E-state index >= 15 is 35.1 Å². The zero-order valence-electron chi connectivity index (χ0n) is 25.5. The van der Waals surface area contributed by atoms with Crippen molar-refractivity contribution in [2.24, 2.45) is 5.41 Å². The van der Waals surface area contributed by atoms with Gasteiger partial charge in [0.2, 0.25) is 13.4 Å². The van der Waals surface area contributed by atoms with Crippen molar-refractivity contribution in [3.8, 4) is 0 Å². The SMILES string of the molecule is CC(C)(C)CC(B(c1c(F)c(F)c(F)c(F)c1F)c1c(F)c(F)c(F)c(F)c1F)B(c1c(F)c(F)c(F)c(F)c1F)c1c(F)c(F)c(F)c(F)c1F. The minimum Gasteiger partial charge on any atom is -0.204 e. The first-order valence-electron chi connectivity index (χ1n) is 13.9. The monoisotopic (exact) mass is 774 g/mol. The molecule has 0 nitrogen and oxygen atoms in total. The first-order valence-corrected chi connectivity index (χ1v) is 13.9. The minimum absolute atomic E-state index is 0.905. The van der Waals surface area contributed by atoms with Crippen LogP contribution in [-0.2, 0) is 0 Å². The Morgan fingerprint density at radius 2 is 0.423 bits per heavy atom. The molecule has 0 fully saturated rings. The molecule has 0 saturated carbocycles. The van der Waals surface area contributed by atoms with Gasteiger partial charge in [0.05, 0.1) is 0 Å². The molecule has 0 heterocycles. The number of hydrogen-bond acceptors (Lipinski definition) is 0. The van der Waals surface area contributed by atoms with Crippen LogP contribution in [-0.4, -0.2) is 13.4 Å². The summed E-state index contributed by atoms with van der Waals surface area (Å²) < 4.78 is 298. The van der Waals surface area contributed by atoms with Crippen LogP contribution in [0.5, 0.6) is 0 Å². The average molecular weight is 774 g/mol. The minimum atomic E-state index is -3.93. The van der Waals surface area contributed by atoms with E-state index in [-0.39, 0.29) is 0 Å². The maximum absolute atomic E-state index is 15.6. The van der Waals surface area contributed by atoms with Crippen LogP contribution >= 0.6 is 0 Å². The van der Waals surface area contributed by atoms with E-state index in [1.54, 1.807) is 0 Å². The third-order valence-corrected chi connectivity index (χ3v) is 7.92. The molecule has 0 atom stereocenters. The molecule has 0 aliphatic carbocycles. The van der Waals surface area contributed by atoms with Gasteiger partial charge in [0.25, 0.3) is 0 Å². The van der Waals surface area contributed by atoms with Crippen LogP contribution in [0.3, 0.4) is 0 Å². The van der Waals surface area contributed by atoms with E-state index in [2.05, 4.69) is 0 Å². The van der Waals surface area contributed by atoms with Gasteiger partial charge in [0.1, 0.15) is 0 Å². The summed E-state index contributed by atoms with van der Waals surface area (Å²) in [5, 5.41) is 0. The number of hydrogen-bond donors (Lipinski definition) is 0. The molecular weight excluding hydrogens is 762 g/mol. The quantitative estimate of drug-likeness (QED) is 0.0782. The maximum atomic E-state index is 15.6. The van der Waals surface area contributed by atoms with E-state index < -0.39 is 169 Å². The molecule has 0 aliphatic heterocycles. The molecule has 0 bridgehead atoms. The van der Waals surface area contributed by atoms with E-state index in [9.17, 15) is 52.7 Å². The van der Waals surface area contributed by atoms with E-state index in [0.29, 0.717) is 0 Å². The summed E-state index contributed by atoms with van der Waals surface area (Å²) in [4.78, 5) is 0. The second kappa shape index (κ2) is 13.9. The first kappa shape index (κ1) is 40.4. The van der Waals surface area contributed by atoms with Crippen LogP contribution in [0.4, 0.5) is 87.8 Å². The van der Waals surface area contributed by atoms with E-state index in [1.165, 1.54) is 0 Å². The standard InChI is InChI=1S/C30H12B2F20/c1-30(2,3)4-5(31(6-10(33)18(41)26(49)19(42)11(6)34)7-12(35)20(43)27(50)21(44)13(7)36)32(8-14(37)22(45)28(51)23(46)15(8)38)9-16(39)24(47)29(52)25(48)17(9)40/h5H,4H2,1-3H3. The topological polar surface area (TPSA) is 0 Å². The Kier molecular flexibility index (Phi) is 10.8. The van der Waals surface area contributed by atoms with Gasteiger partial charge < -0.3 is 0 Å². The molecule has 278 valence electrons. The summed E-state index contributed by atoms with van der Waals surface area (Å²) in [5.74, 6) is -62.5. The Balaban J connectivity index is 2.46. The van der Waals surface area contributed by atoms with E-state index in [0.717, 1.165) is 20.8 Å². The van der Waals surface area contributed by atoms with Crippen molar-refractivity contribution >= 4 is 35.3 Å². The molecule has 0 spiro atoms. The van der Waals surface area contributed by atoms with Gasteiger partial charge in [-0.2, -0.15) is 0 Å². The highest BCUT2D eigenvalue weighted by Crippen LogP contribution is 2.37. The normalized spacial score (nSPS) is 12.0. The van der Waals surface area contributed by atoms with Crippen LogP contribution in [0.15, 0.2) is 0 Å². The Morgan fingerprint density at radius 1 is 0.288 bits per heavy atom. The van der Waals surface area contributed by atoms with Crippen LogP contribution in [0, 0.1) is 122 Å². The van der Waals surface area contributed by atoms with Gasteiger partial charge in [0.15, 0.2) is 116 Å². The lowest BCUT2D eigenvalue weighted by Crippen LogP contribution is -2.64. The molecule has 22 heteroatoms. The van der Waals surface area contributed by atoms with Crippen LogP contribution < -0.4 is 21.9 Å². The molecule has 0 amide bonds. The highest BCUT2D eigenvalue weighted by molar-refractivity contribution is 7.02. The molecule has 0 unspecified atom stereocenters. The molecule has 0 N–H and O–H groups in total. The third-order valence-electron chi connectivity index (χ3n) is 7.92. The van der Waals surface area contributed by atoms with Gasteiger partial charge in [-0.1, -0.05) is 32.9 Å². The highest BCUT2D eigenvalue weighted by atomic mass is 19.2. The summed E-state index contributed by atoms with van der Waals surface area (Å²) in [6.07, 6.45) is -1.58. The maximum Gasteiger partial charge on any atom is 0.222 e. The van der Waals surface area contributed by atoms with Gasteiger partial charge in [-0.25, -0.2) is 87.8 Å². The number of rotatable bonds is 7. The summed E-state index contributed by atoms with van der Waals surface area (Å²) in [6, 6.07) is 0. The lowest BCUT2D eigenvalue weighted by molar-refractivity contribution is 0.375. The van der Waals surface area contributed by atoms with Gasteiger partial charge in [0, 0.05) is 21.9 Å². The summed E-state index contributed by atoms with van der Waals surface area (Å²) >= 11 is 0. The molecule has 4 aromatic carbocycles. The van der Waals surface area contributed by atoms with Gasteiger partial charge in [-0.3, -0.25) is 0 Å². The van der Waals surface area contributed by atoms with Crippen molar-refractivity contribution < 1.29 is 87.8 Å². The molecule has 0 aliphatic rings. The molecule has 0 aromatic heterocycles. The fourth-order valence-electron chi connectivity index (χ4n) is 5.86. The molecule has 0 saturated heterocycles. The van der Waals surface area contributed by atoms with Crippen LogP contribution in [0.2, 0.25) is 5.72 Å². The number of benzene rings is 4. The van der Waals surface area contributed by atoms with Crippen molar-refractivity contribution in [2.75, 3.05) is 0 Å². The Labute approximate surface area is 278 Å². The Morgan fingerprint density at radius 3 is 0.558 bits per heavy atom. The summed E-state index contributed by atoms with van der Waals surface area (Å²) in [7, 11) is 0. The molecule has 52 heavy (non-hydrogen) atoms. The van der Waals surface area contributed by atoms with E-state index in [4.69, 9.17) is 0 Å². The lowest BCUT2D eigenvalue weighted by Gasteiger charge is -2.36. The van der Waals surface area contributed by atoms with Gasteiger partial charge in [-0.15, -0.1) is 0 Å². The predicted octanol–water partition coefficient (Wildman–Crippen LogP) is 7.73. The zero-order valence-corrected chi connectivity index (χ0v) is 25.5. The lowest BCUT2D eigenvalue weighted by atomic mass is 9.14.